The molecule has 2 rings (SSSR count). The van der Waals surface area contributed by atoms with Gasteiger partial charge < -0.3 is 10.4 Å². The molecule has 1 heterocycles. The highest BCUT2D eigenvalue weighted by Gasteiger charge is 2.19. The van der Waals surface area contributed by atoms with Gasteiger partial charge in [-0.3, -0.25) is 0 Å². The minimum absolute atomic E-state index is 0.329. The van der Waals surface area contributed by atoms with Gasteiger partial charge in [-0.25, -0.2) is 9.78 Å². The monoisotopic (exact) mass is 276 g/mol. The van der Waals surface area contributed by atoms with Crippen molar-refractivity contribution >= 4 is 11.8 Å². The number of aromatic carboxylic acids is 1. The van der Waals surface area contributed by atoms with E-state index in [2.05, 4.69) is 24.1 Å². The molecule has 1 aromatic heterocycles. The van der Waals surface area contributed by atoms with E-state index in [9.17, 15) is 9.90 Å². The summed E-state index contributed by atoms with van der Waals surface area (Å²) in [5, 5.41) is 12.6. The van der Waals surface area contributed by atoms with E-state index in [0.29, 0.717) is 17.4 Å². The van der Waals surface area contributed by atoms with Crippen LogP contribution in [-0.2, 0) is 6.42 Å². The summed E-state index contributed by atoms with van der Waals surface area (Å²) in [5.74, 6) is 0.566. The van der Waals surface area contributed by atoms with E-state index >= 15 is 0 Å². The topological polar surface area (TPSA) is 62.2 Å². The van der Waals surface area contributed by atoms with Gasteiger partial charge in [0.25, 0.3) is 0 Å². The predicted molar refractivity (Wildman–Crippen MR) is 80.2 cm³/mol. The molecule has 2 unspecified atom stereocenters. The highest BCUT2D eigenvalue weighted by Crippen LogP contribution is 2.26. The van der Waals surface area contributed by atoms with Crippen LogP contribution < -0.4 is 5.32 Å². The maximum absolute atomic E-state index is 11.2. The van der Waals surface area contributed by atoms with E-state index < -0.39 is 5.97 Å². The van der Waals surface area contributed by atoms with Crippen molar-refractivity contribution < 1.29 is 9.90 Å². The van der Waals surface area contributed by atoms with Gasteiger partial charge in [0.1, 0.15) is 5.82 Å². The summed E-state index contributed by atoms with van der Waals surface area (Å²) in [4.78, 5) is 15.7. The second-order valence-electron chi connectivity index (χ2n) is 5.90. The largest absolute Gasteiger partial charge is 0.478 e. The van der Waals surface area contributed by atoms with E-state index in [0.717, 1.165) is 37.3 Å². The van der Waals surface area contributed by atoms with Crippen molar-refractivity contribution in [1.29, 1.82) is 0 Å². The van der Waals surface area contributed by atoms with Gasteiger partial charge in [-0.05, 0) is 37.3 Å². The molecule has 0 bridgehead atoms. The number of aryl methyl sites for hydroxylation is 1. The van der Waals surface area contributed by atoms with Crippen LogP contribution in [0.3, 0.4) is 0 Å². The predicted octanol–water partition coefficient (Wildman–Crippen LogP) is 3.72. The lowest BCUT2D eigenvalue weighted by atomic mass is 9.87. The van der Waals surface area contributed by atoms with E-state index in [1.165, 1.54) is 12.8 Å². The number of carboxylic acid groups (broad SMARTS) is 1. The van der Waals surface area contributed by atoms with Crippen LogP contribution in [0.1, 0.15) is 62.0 Å². The Labute approximate surface area is 120 Å². The maximum Gasteiger partial charge on any atom is 0.335 e. The molecule has 1 fully saturated rings. The molecule has 110 valence electrons. The van der Waals surface area contributed by atoms with Crippen LogP contribution in [-0.4, -0.2) is 22.1 Å². The molecule has 2 N–H and O–H groups in total. The van der Waals surface area contributed by atoms with Gasteiger partial charge in [-0.1, -0.05) is 33.1 Å². The van der Waals surface area contributed by atoms with Crippen molar-refractivity contribution in [1.82, 2.24) is 4.98 Å². The van der Waals surface area contributed by atoms with Crippen molar-refractivity contribution in [3.63, 3.8) is 0 Å². The highest BCUT2D eigenvalue weighted by atomic mass is 16.4. The van der Waals surface area contributed by atoms with Crippen LogP contribution in [0.5, 0.6) is 0 Å². The number of hydrogen-bond acceptors (Lipinski definition) is 3. The summed E-state index contributed by atoms with van der Waals surface area (Å²) in [7, 11) is 0. The molecule has 0 aliphatic heterocycles. The summed E-state index contributed by atoms with van der Waals surface area (Å²) in [6.45, 7) is 4.35. The standard InChI is InChI=1S/C16H24N2O2/c1-3-5-13-9-12(16(19)20)10-15(17-13)18-14-7-4-6-11(2)8-14/h9-11,14H,3-8H2,1-2H3,(H,17,18)(H,19,20). The molecule has 0 saturated heterocycles. The molecule has 0 radical (unpaired) electrons. The van der Waals surface area contributed by atoms with Crippen LogP contribution in [0.25, 0.3) is 0 Å². The summed E-state index contributed by atoms with van der Waals surface area (Å²) in [6, 6.07) is 3.76. The minimum atomic E-state index is -0.884. The van der Waals surface area contributed by atoms with Crippen molar-refractivity contribution in [2.45, 2.75) is 58.4 Å². The maximum atomic E-state index is 11.2. The summed E-state index contributed by atoms with van der Waals surface area (Å²) in [6.07, 6.45) is 6.60. The number of rotatable bonds is 5. The molecule has 0 aromatic carbocycles. The van der Waals surface area contributed by atoms with E-state index in [1.54, 1.807) is 12.1 Å². The van der Waals surface area contributed by atoms with Crippen LogP contribution in [0, 0.1) is 5.92 Å². The SMILES string of the molecule is CCCc1cc(C(=O)O)cc(NC2CCCC(C)C2)n1. The Bertz CT molecular complexity index is 474. The van der Waals surface area contributed by atoms with Gasteiger partial charge in [-0.2, -0.15) is 0 Å². The molecule has 1 saturated carbocycles. The number of hydrogen-bond donors (Lipinski definition) is 2. The Morgan fingerprint density at radius 3 is 2.90 bits per heavy atom. The van der Waals surface area contributed by atoms with E-state index in [4.69, 9.17) is 0 Å². The number of anilines is 1. The lowest BCUT2D eigenvalue weighted by Crippen LogP contribution is -2.26. The lowest BCUT2D eigenvalue weighted by molar-refractivity contribution is 0.0696. The fraction of sp³-hybridized carbons (Fsp3) is 0.625. The van der Waals surface area contributed by atoms with Crippen LogP contribution in [0.15, 0.2) is 12.1 Å². The Morgan fingerprint density at radius 2 is 2.25 bits per heavy atom. The van der Waals surface area contributed by atoms with Crippen LogP contribution >= 0.6 is 0 Å². The molecule has 0 spiro atoms. The second-order valence-corrected chi connectivity index (χ2v) is 5.90. The first-order chi connectivity index (χ1) is 9.58. The molecule has 2 atom stereocenters. The summed E-state index contributed by atoms with van der Waals surface area (Å²) < 4.78 is 0. The first-order valence-corrected chi connectivity index (χ1v) is 7.59. The van der Waals surface area contributed by atoms with Gasteiger partial charge in [-0.15, -0.1) is 0 Å². The Morgan fingerprint density at radius 1 is 1.45 bits per heavy atom. The molecule has 1 aliphatic carbocycles. The molecular weight excluding hydrogens is 252 g/mol. The number of aromatic nitrogens is 1. The van der Waals surface area contributed by atoms with Gasteiger partial charge in [0.2, 0.25) is 0 Å². The number of carbonyl (C=O) groups is 1. The third-order valence-corrected chi connectivity index (χ3v) is 3.92. The molecule has 0 amide bonds. The fourth-order valence-corrected chi connectivity index (χ4v) is 2.94. The normalized spacial score (nSPS) is 22.5. The van der Waals surface area contributed by atoms with Crippen molar-refractivity contribution in [2.24, 2.45) is 5.92 Å². The second kappa shape index (κ2) is 6.73. The van der Waals surface area contributed by atoms with Gasteiger partial charge >= 0.3 is 5.97 Å². The Hall–Kier alpha value is -1.58. The molecule has 1 aliphatic rings. The average Bonchev–Trinajstić information content (AvgIpc) is 2.38. The van der Waals surface area contributed by atoms with E-state index in [-0.39, 0.29) is 0 Å². The van der Waals surface area contributed by atoms with E-state index in [1.807, 2.05) is 0 Å². The van der Waals surface area contributed by atoms with Gasteiger partial charge in [0.05, 0.1) is 5.56 Å². The van der Waals surface area contributed by atoms with Crippen molar-refractivity contribution in [2.75, 3.05) is 5.32 Å². The molecular formula is C16H24N2O2. The number of pyridine rings is 1. The number of carboxylic acids is 1. The quantitative estimate of drug-likeness (QED) is 0.860. The zero-order valence-corrected chi connectivity index (χ0v) is 12.4. The first-order valence-electron chi connectivity index (χ1n) is 7.59. The van der Waals surface area contributed by atoms with Crippen LogP contribution in [0.4, 0.5) is 5.82 Å². The number of nitrogens with one attached hydrogen (secondary N) is 1. The third-order valence-electron chi connectivity index (χ3n) is 3.92. The molecule has 1 aromatic rings. The van der Waals surface area contributed by atoms with Crippen LogP contribution in [0.2, 0.25) is 0 Å². The average molecular weight is 276 g/mol. The minimum Gasteiger partial charge on any atom is -0.478 e. The Kier molecular flexibility index (Phi) is 4.99. The zero-order chi connectivity index (χ0) is 14.5. The molecule has 20 heavy (non-hydrogen) atoms. The smallest absolute Gasteiger partial charge is 0.335 e. The highest BCUT2D eigenvalue weighted by molar-refractivity contribution is 5.88. The third kappa shape index (κ3) is 3.95. The van der Waals surface area contributed by atoms with Gasteiger partial charge in [0.15, 0.2) is 0 Å². The van der Waals surface area contributed by atoms with Crippen molar-refractivity contribution in [3.05, 3.63) is 23.4 Å². The zero-order valence-electron chi connectivity index (χ0n) is 12.4. The molecule has 4 nitrogen and oxygen atoms in total. The molecule has 4 heteroatoms. The van der Waals surface area contributed by atoms with Gasteiger partial charge in [0, 0.05) is 11.7 Å². The van der Waals surface area contributed by atoms with Crippen molar-refractivity contribution in [3.8, 4) is 0 Å². The first kappa shape index (κ1) is 14.8. The summed E-state index contributed by atoms with van der Waals surface area (Å²) in [5.41, 5.74) is 1.19. The lowest BCUT2D eigenvalue weighted by Gasteiger charge is -2.28. The summed E-state index contributed by atoms with van der Waals surface area (Å²) >= 11 is 0. The fourth-order valence-electron chi connectivity index (χ4n) is 2.94. The number of nitrogens with zero attached hydrogens (tertiary/aromatic N) is 1. The Balaban J connectivity index is 2.14.